The maximum absolute atomic E-state index is 11.8. The van der Waals surface area contributed by atoms with E-state index in [0.29, 0.717) is 6.42 Å². The standard InChI is InChI=1S/C19H23N7O2/c1-10(2)7-15(17(21)28)25-19-23-9-13(16(20)27)18(26-19)24-12-3-4-14-11(8-12)5-6-22-14/h3-6,8-10,15,22H,7H2,1-2H3,(H2,20,27)(H2,21,28)(H2,23,24,25,26). The Hall–Kier alpha value is -3.62. The van der Waals surface area contributed by atoms with Crippen molar-refractivity contribution < 1.29 is 9.59 Å². The van der Waals surface area contributed by atoms with Gasteiger partial charge in [-0.2, -0.15) is 4.98 Å². The average Bonchev–Trinajstić information content (AvgIpc) is 3.08. The summed E-state index contributed by atoms with van der Waals surface area (Å²) in [4.78, 5) is 35.0. The van der Waals surface area contributed by atoms with Crippen molar-refractivity contribution in [1.82, 2.24) is 15.0 Å². The number of rotatable bonds is 8. The van der Waals surface area contributed by atoms with Gasteiger partial charge in [-0.1, -0.05) is 13.8 Å². The summed E-state index contributed by atoms with van der Waals surface area (Å²) in [6, 6.07) is 6.99. The molecule has 0 aliphatic carbocycles. The van der Waals surface area contributed by atoms with Crippen LogP contribution in [-0.2, 0) is 4.79 Å². The van der Waals surface area contributed by atoms with E-state index in [0.717, 1.165) is 16.6 Å². The van der Waals surface area contributed by atoms with Gasteiger partial charge < -0.3 is 27.1 Å². The van der Waals surface area contributed by atoms with Crippen molar-refractivity contribution in [2.24, 2.45) is 17.4 Å². The molecule has 0 aliphatic rings. The summed E-state index contributed by atoms with van der Waals surface area (Å²) < 4.78 is 0. The molecule has 0 bridgehead atoms. The number of H-pyrrole nitrogens is 1. The van der Waals surface area contributed by atoms with E-state index in [1.165, 1.54) is 6.20 Å². The van der Waals surface area contributed by atoms with Crippen LogP contribution in [0.2, 0.25) is 0 Å². The lowest BCUT2D eigenvalue weighted by molar-refractivity contribution is -0.119. The first-order valence-electron chi connectivity index (χ1n) is 8.90. The van der Waals surface area contributed by atoms with Crippen LogP contribution < -0.4 is 22.1 Å². The summed E-state index contributed by atoms with van der Waals surface area (Å²) in [5.41, 5.74) is 12.8. The van der Waals surface area contributed by atoms with Gasteiger partial charge in [-0.3, -0.25) is 9.59 Å². The van der Waals surface area contributed by atoms with Crippen LogP contribution in [0.25, 0.3) is 10.9 Å². The third-order valence-corrected chi connectivity index (χ3v) is 4.22. The SMILES string of the molecule is CC(C)CC(Nc1ncc(C(N)=O)c(Nc2ccc3[nH]ccc3c2)n1)C(N)=O. The monoisotopic (exact) mass is 381 g/mol. The van der Waals surface area contributed by atoms with Gasteiger partial charge in [-0.15, -0.1) is 0 Å². The minimum Gasteiger partial charge on any atom is -0.368 e. The molecular formula is C19H23N7O2. The van der Waals surface area contributed by atoms with Crippen molar-refractivity contribution >= 4 is 40.2 Å². The van der Waals surface area contributed by atoms with Crippen LogP contribution in [0.3, 0.4) is 0 Å². The van der Waals surface area contributed by atoms with Crippen molar-refractivity contribution in [1.29, 1.82) is 0 Å². The number of nitrogens with zero attached hydrogens (tertiary/aromatic N) is 2. The van der Waals surface area contributed by atoms with E-state index in [1.807, 2.05) is 44.3 Å². The molecule has 28 heavy (non-hydrogen) atoms. The van der Waals surface area contributed by atoms with Crippen LogP contribution in [0.1, 0.15) is 30.6 Å². The number of nitrogens with two attached hydrogens (primary N) is 2. The number of primary amides is 2. The molecule has 0 spiro atoms. The lowest BCUT2D eigenvalue weighted by Gasteiger charge is -2.18. The minimum absolute atomic E-state index is 0.138. The molecule has 1 aromatic carbocycles. The molecule has 0 radical (unpaired) electrons. The molecule has 9 heteroatoms. The first-order chi connectivity index (χ1) is 13.3. The first kappa shape index (κ1) is 19.2. The molecule has 0 saturated carbocycles. The molecule has 146 valence electrons. The number of carbonyl (C=O) groups is 2. The largest absolute Gasteiger partial charge is 0.368 e. The Morgan fingerprint density at radius 2 is 2.00 bits per heavy atom. The van der Waals surface area contributed by atoms with Gasteiger partial charge in [0, 0.05) is 29.0 Å². The fourth-order valence-corrected chi connectivity index (χ4v) is 2.87. The quantitative estimate of drug-likeness (QED) is 0.403. The number of aromatic nitrogens is 3. The first-order valence-corrected chi connectivity index (χ1v) is 8.90. The fraction of sp³-hybridized carbons (Fsp3) is 0.263. The summed E-state index contributed by atoms with van der Waals surface area (Å²) >= 11 is 0. The molecule has 2 amide bonds. The highest BCUT2D eigenvalue weighted by Crippen LogP contribution is 2.23. The van der Waals surface area contributed by atoms with E-state index in [4.69, 9.17) is 11.5 Å². The molecule has 3 aromatic rings. The van der Waals surface area contributed by atoms with Crippen LogP contribution >= 0.6 is 0 Å². The number of aromatic amines is 1. The van der Waals surface area contributed by atoms with Crippen LogP contribution in [-0.4, -0.2) is 32.8 Å². The van der Waals surface area contributed by atoms with E-state index < -0.39 is 17.9 Å². The van der Waals surface area contributed by atoms with E-state index >= 15 is 0 Å². The molecule has 7 N–H and O–H groups in total. The van der Waals surface area contributed by atoms with Crippen LogP contribution in [0, 0.1) is 5.92 Å². The van der Waals surface area contributed by atoms with Gasteiger partial charge in [0.1, 0.15) is 17.4 Å². The number of hydrogen-bond donors (Lipinski definition) is 5. The van der Waals surface area contributed by atoms with Gasteiger partial charge >= 0.3 is 0 Å². The fourth-order valence-electron chi connectivity index (χ4n) is 2.87. The van der Waals surface area contributed by atoms with Crippen LogP contribution in [0.15, 0.2) is 36.7 Å². The third kappa shape index (κ3) is 4.37. The van der Waals surface area contributed by atoms with Gasteiger partial charge in [0.2, 0.25) is 11.9 Å². The number of hydrogen-bond acceptors (Lipinski definition) is 6. The molecule has 0 saturated heterocycles. The lowest BCUT2D eigenvalue weighted by Crippen LogP contribution is -2.37. The van der Waals surface area contributed by atoms with Gasteiger partial charge in [0.15, 0.2) is 0 Å². The Morgan fingerprint density at radius 3 is 2.68 bits per heavy atom. The second-order valence-corrected chi connectivity index (χ2v) is 6.95. The van der Waals surface area contributed by atoms with Crippen molar-refractivity contribution in [2.45, 2.75) is 26.3 Å². The number of nitrogens with one attached hydrogen (secondary N) is 3. The maximum atomic E-state index is 11.8. The topological polar surface area (TPSA) is 152 Å². The van der Waals surface area contributed by atoms with Crippen molar-refractivity contribution in [3.63, 3.8) is 0 Å². The predicted octanol–water partition coefficient (Wildman–Crippen LogP) is 2.11. The molecule has 3 rings (SSSR count). The smallest absolute Gasteiger partial charge is 0.254 e. The Labute approximate surface area is 161 Å². The second kappa shape index (κ2) is 7.95. The summed E-state index contributed by atoms with van der Waals surface area (Å²) in [6.07, 6.45) is 3.69. The molecule has 1 atom stereocenters. The van der Waals surface area contributed by atoms with E-state index in [2.05, 4.69) is 25.6 Å². The van der Waals surface area contributed by atoms with Gasteiger partial charge in [0.05, 0.1) is 0 Å². The van der Waals surface area contributed by atoms with E-state index in [1.54, 1.807) is 0 Å². The Kier molecular flexibility index (Phi) is 5.44. The zero-order chi connectivity index (χ0) is 20.3. The summed E-state index contributed by atoms with van der Waals surface area (Å²) in [5, 5.41) is 7.03. The molecule has 9 nitrogen and oxygen atoms in total. The van der Waals surface area contributed by atoms with Gasteiger partial charge in [-0.25, -0.2) is 4.98 Å². The second-order valence-electron chi connectivity index (χ2n) is 6.95. The van der Waals surface area contributed by atoms with Crippen molar-refractivity contribution in [3.8, 4) is 0 Å². The minimum atomic E-state index is -0.662. The molecule has 1 unspecified atom stereocenters. The number of benzene rings is 1. The van der Waals surface area contributed by atoms with Crippen molar-refractivity contribution in [3.05, 3.63) is 42.2 Å². The highest BCUT2D eigenvalue weighted by Gasteiger charge is 2.19. The van der Waals surface area contributed by atoms with Crippen LogP contribution in [0.4, 0.5) is 17.5 Å². The maximum Gasteiger partial charge on any atom is 0.254 e. The number of anilines is 3. The van der Waals surface area contributed by atoms with Crippen LogP contribution in [0.5, 0.6) is 0 Å². The average molecular weight is 381 g/mol. The summed E-state index contributed by atoms with van der Waals surface area (Å²) in [6.45, 7) is 3.97. The third-order valence-electron chi connectivity index (χ3n) is 4.22. The summed E-state index contributed by atoms with van der Waals surface area (Å²) in [7, 11) is 0. The van der Waals surface area contributed by atoms with Gasteiger partial charge in [0.25, 0.3) is 5.91 Å². The highest BCUT2D eigenvalue weighted by atomic mass is 16.1. The number of fused-ring (bicyclic) bond motifs is 1. The zero-order valence-electron chi connectivity index (χ0n) is 15.7. The highest BCUT2D eigenvalue weighted by molar-refractivity contribution is 5.98. The molecule has 2 heterocycles. The summed E-state index contributed by atoms with van der Waals surface area (Å²) in [5.74, 6) is -0.484. The van der Waals surface area contributed by atoms with Gasteiger partial charge in [-0.05, 0) is 36.6 Å². The Bertz CT molecular complexity index is 1010. The number of carbonyl (C=O) groups excluding carboxylic acids is 2. The predicted molar refractivity (Wildman–Crippen MR) is 108 cm³/mol. The lowest BCUT2D eigenvalue weighted by atomic mass is 10.0. The normalized spacial score (nSPS) is 12.1. The van der Waals surface area contributed by atoms with E-state index in [9.17, 15) is 9.59 Å². The van der Waals surface area contributed by atoms with Crippen molar-refractivity contribution in [2.75, 3.05) is 10.6 Å². The Morgan fingerprint density at radius 1 is 1.21 bits per heavy atom. The molecule has 0 fully saturated rings. The molecular weight excluding hydrogens is 358 g/mol. The molecule has 0 aliphatic heterocycles. The molecule has 2 aromatic heterocycles. The van der Waals surface area contributed by atoms with E-state index in [-0.39, 0.29) is 23.2 Å². The number of amides is 2. The Balaban J connectivity index is 1.90. The zero-order valence-corrected chi connectivity index (χ0v) is 15.7.